The van der Waals surface area contributed by atoms with Crippen LogP contribution >= 0.6 is 0 Å². The van der Waals surface area contributed by atoms with Crippen molar-refractivity contribution in [1.29, 1.82) is 0 Å². The van der Waals surface area contributed by atoms with E-state index in [1.54, 1.807) is 0 Å². The van der Waals surface area contributed by atoms with Gasteiger partial charge in [0.25, 0.3) is 0 Å². The highest BCUT2D eigenvalue weighted by Crippen LogP contribution is 2.17. The van der Waals surface area contributed by atoms with Crippen molar-refractivity contribution < 1.29 is 19.1 Å². The van der Waals surface area contributed by atoms with Gasteiger partial charge in [0.1, 0.15) is 6.10 Å². The Kier molecular flexibility index (Phi) is 41.3. The van der Waals surface area contributed by atoms with Gasteiger partial charge < -0.3 is 9.47 Å². The third-order valence-electron chi connectivity index (χ3n) is 9.70. The average Bonchev–Trinajstić information content (AvgIpc) is 3.06. The van der Waals surface area contributed by atoms with Gasteiger partial charge in [-0.2, -0.15) is 0 Å². The molecular formula is C44H88O4. The van der Waals surface area contributed by atoms with E-state index in [1.807, 2.05) is 0 Å². The molecule has 0 aliphatic carbocycles. The minimum absolute atomic E-state index is 0.00678. The second kappa shape index (κ2) is 40.4. The van der Waals surface area contributed by atoms with Crippen LogP contribution in [0.3, 0.4) is 0 Å². The van der Waals surface area contributed by atoms with Gasteiger partial charge in [-0.05, 0) is 50.4 Å². The van der Waals surface area contributed by atoms with Crippen LogP contribution in [0, 0.1) is 11.8 Å². The SMILES string of the molecule is CCCCCCCCCCCC(=O)OCCC(C)CCCC(C)C.CCCCCCCCCCCCCC(=O)OC(CC)CCCCC. The summed E-state index contributed by atoms with van der Waals surface area (Å²) >= 11 is 0. The quantitative estimate of drug-likeness (QED) is 0.0494. The molecule has 0 aliphatic rings. The van der Waals surface area contributed by atoms with Crippen molar-refractivity contribution in [3.63, 3.8) is 0 Å². The molecule has 0 radical (unpaired) electrons. The zero-order valence-electron chi connectivity index (χ0n) is 34.0. The number of ether oxygens (including phenoxy) is 2. The van der Waals surface area contributed by atoms with E-state index in [4.69, 9.17) is 9.47 Å². The van der Waals surface area contributed by atoms with E-state index in [1.165, 1.54) is 154 Å². The highest BCUT2D eigenvalue weighted by Gasteiger charge is 2.12. The molecule has 2 atom stereocenters. The fourth-order valence-electron chi connectivity index (χ4n) is 6.19. The topological polar surface area (TPSA) is 52.6 Å². The monoisotopic (exact) mass is 681 g/mol. The van der Waals surface area contributed by atoms with Gasteiger partial charge in [-0.25, -0.2) is 0 Å². The van der Waals surface area contributed by atoms with Crippen molar-refractivity contribution in [2.45, 2.75) is 254 Å². The maximum absolute atomic E-state index is 11.9. The largest absolute Gasteiger partial charge is 0.466 e. The van der Waals surface area contributed by atoms with Gasteiger partial charge in [-0.1, -0.05) is 196 Å². The highest BCUT2D eigenvalue weighted by molar-refractivity contribution is 5.69. The fraction of sp³-hybridized carbons (Fsp3) is 0.955. The number of carbonyl (C=O) groups is 2. The first-order valence-electron chi connectivity index (χ1n) is 21.6. The van der Waals surface area contributed by atoms with Crippen LogP contribution in [0.1, 0.15) is 248 Å². The first-order chi connectivity index (χ1) is 23.3. The first kappa shape index (κ1) is 49.1. The van der Waals surface area contributed by atoms with Gasteiger partial charge in [0.05, 0.1) is 6.61 Å². The zero-order valence-corrected chi connectivity index (χ0v) is 34.0. The normalized spacial score (nSPS) is 12.4. The smallest absolute Gasteiger partial charge is 0.306 e. The van der Waals surface area contributed by atoms with Crippen LogP contribution < -0.4 is 0 Å². The van der Waals surface area contributed by atoms with E-state index < -0.39 is 0 Å². The Morgan fingerprint density at radius 1 is 0.438 bits per heavy atom. The number of hydrogen-bond donors (Lipinski definition) is 0. The minimum atomic E-state index is 0.00678. The fourth-order valence-corrected chi connectivity index (χ4v) is 6.19. The molecule has 0 spiro atoms. The molecule has 0 rings (SSSR count). The number of hydrogen-bond acceptors (Lipinski definition) is 4. The highest BCUT2D eigenvalue weighted by atomic mass is 16.5. The van der Waals surface area contributed by atoms with E-state index in [0.717, 1.165) is 38.0 Å². The molecule has 0 aromatic rings. The molecule has 0 aromatic heterocycles. The maximum atomic E-state index is 11.9. The van der Waals surface area contributed by atoms with Crippen LogP contribution in [0.2, 0.25) is 0 Å². The molecule has 0 aliphatic heterocycles. The third kappa shape index (κ3) is 41.1. The Morgan fingerprint density at radius 3 is 1.29 bits per heavy atom. The summed E-state index contributed by atoms with van der Waals surface area (Å²) in [6, 6.07) is 0. The predicted octanol–water partition coefficient (Wildman–Crippen LogP) is 14.9. The van der Waals surface area contributed by atoms with E-state index in [0.29, 0.717) is 25.4 Å². The molecule has 48 heavy (non-hydrogen) atoms. The van der Waals surface area contributed by atoms with Crippen LogP contribution in [0.25, 0.3) is 0 Å². The molecular weight excluding hydrogens is 592 g/mol. The zero-order chi connectivity index (χ0) is 35.9. The summed E-state index contributed by atoms with van der Waals surface area (Å²) in [6.07, 6.45) is 38.0. The maximum Gasteiger partial charge on any atom is 0.306 e. The predicted molar refractivity (Wildman–Crippen MR) is 211 cm³/mol. The van der Waals surface area contributed by atoms with Gasteiger partial charge >= 0.3 is 11.9 Å². The number of unbranched alkanes of at least 4 members (excludes halogenated alkanes) is 20. The lowest BCUT2D eigenvalue weighted by Crippen LogP contribution is -2.17. The summed E-state index contributed by atoms with van der Waals surface area (Å²) in [5.41, 5.74) is 0. The van der Waals surface area contributed by atoms with Crippen LogP contribution in [0.15, 0.2) is 0 Å². The Labute approximate surface area is 302 Å². The summed E-state index contributed by atoms with van der Waals surface area (Å²) < 4.78 is 11.0. The van der Waals surface area contributed by atoms with Crippen LogP contribution in [0.4, 0.5) is 0 Å². The molecule has 0 bridgehead atoms. The lowest BCUT2D eigenvalue weighted by molar-refractivity contribution is -0.149. The first-order valence-corrected chi connectivity index (χ1v) is 21.6. The Hall–Kier alpha value is -1.06. The summed E-state index contributed by atoms with van der Waals surface area (Å²) in [7, 11) is 0. The lowest BCUT2D eigenvalue weighted by atomic mass is 9.98. The Bertz CT molecular complexity index is 646. The van der Waals surface area contributed by atoms with Gasteiger partial charge in [0.15, 0.2) is 0 Å². The van der Waals surface area contributed by atoms with Crippen molar-refractivity contribution in [2.24, 2.45) is 11.8 Å². The molecule has 0 N–H and O–H groups in total. The van der Waals surface area contributed by atoms with Crippen molar-refractivity contribution >= 4 is 11.9 Å². The van der Waals surface area contributed by atoms with Crippen molar-refractivity contribution in [1.82, 2.24) is 0 Å². The molecule has 0 fully saturated rings. The lowest BCUT2D eigenvalue weighted by Gasteiger charge is -2.16. The van der Waals surface area contributed by atoms with Gasteiger partial charge in [0.2, 0.25) is 0 Å². The summed E-state index contributed by atoms with van der Waals surface area (Å²) in [5.74, 6) is 1.50. The second-order valence-electron chi connectivity index (χ2n) is 15.3. The molecule has 0 saturated heterocycles. The Balaban J connectivity index is 0. The standard InChI is InChI=1S/2C22H44O2/c1-5-6-7-8-9-10-11-12-13-17-22(23)24-19-18-21(4)16-14-15-20(2)3;1-4-7-9-10-11-12-13-14-15-16-18-20-22(23)24-21(6-3)19-17-8-5-2/h20-21H,5-19H2,1-4H3;21H,4-20H2,1-3H3. The van der Waals surface area contributed by atoms with Gasteiger partial charge in [-0.15, -0.1) is 0 Å². The minimum Gasteiger partial charge on any atom is -0.466 e. The molecule has 0 saturated carbocycles. The van der Waals surface area contributed by atoms with E-state index in [2.05, 4.69) is 48.5 Å². The van der Waals surface area contributed by atoms with E-state index in [9.17, 15) is 9.59 Å². The molecule has 288 valence electrons. The van der Waals surface area contributed by atoms with Crippen LogP contribution in [0.5, 0.6) is 0 Å². The number of rotatable bonds is 35. The van der Waals surface area contributed by atoms with Crippen molar-refractivity contribution in [2.75, 3.05) is 6.61 Å². The van der Waals surface area contributed by atoms with Crippen molar-refractivity contribution in [3.05, 3.63) is 0 Å². The summed E-state index contributed by atoms with van der Waals surface area (Å²) in [4.78, 5) is 23.6. The summed E-state index contributed by atoms with van der Waals surface area (Å²) in [5, 5.41) is 0. The van der Waals surface area contributed by atoms with Gasteiger partial charge in [0, 0.05) is 12.8 Å². The van der Waals surface area contributed by atoms with Crippen LogP contribution in [-0.2, 0) is 19.1 Å². The third-order valence-corrected chi connectivity index (χ3v) is 9.70. The number of carbonyl (C=O) groups excluding carboxylic acids is 2. The molecule has 0 heterocycles. The second-order valence-corrected chi connectivity index (χ2v) is 15.3. The molecule has 0 amide bonds. The average molecular weight is 681 g/mol. The molecule has 0 aromatic carbocycles. The molecule has 2 unspecified atom stereocenters. The Morgan fingerprint density at radius 2 is 0.854 bits per heavy atom. The van der Waals surface area contributed by atoms with Crippen molar-refractivity contribution in [3.8, 4) is 0 Å². The van der Waals surface area contributed by atoms with E-state index in [-0.39, 0.29) is 18.0 Å². The molecule has 4 nitrogen and oxygen atoms in total. The summed E-state index contributed by atoms with van der Waals surface area (Å²) in [6.45, 7) is 16.3. The van der Waals surface area contributed by atoms with Crippen LogP contribution in [-0.4, -0.2) is 24.6 Å². The number of esters is 2. The van der Waals surface area contributed by atoms with Gasteiger partial charge in [-0.3, -0.25) is 9.59 Å². The molecule has 4 heteroatoms. The van der Waals surface area contributed by atoms with E-state index >= 15 is 0 Å².